The normalized spacial score (nSPS) is 10.2. The molecule has 0 saturated heterocycles. The van der Waals surface area contributed by atoms with Gasteiger partial charge >= 0.3 is 0 Å². The molecule has 0 fully saturated rings. The van der Waals surface area contributed by atoms with E-state index in [4.69, 9.17) is 4.42 Å². The smallest absolute Gasteiger partial charge is 0.254 e. The lowest BCUT2D eigenvalue weighted by atomic mass is 10.2. The molecule has 1 amide bonds. The van der Waals surface area contributed by atoms with Crippen molar-refractivity contribution < 1.29 is 9.21 Å². The van der Waals surface area contributed by atoms with Gasteiger partial charge in [-0.05, 0) is 36.4 Å². The van der Waals surface area contributed by atoms with E-state index in [9.17, 15) is 4.79 Å². The van der Waals surface area contributed by atoms with Crippen LogP contribution in [0.15, 0.2) is 51.6 Å². The van der Waals surface area contributed by atoms with Crippen molar-refractivity contribution >= 4 is 21.8 Å². The first-order valence-electron chi connectivity index (χ1n) is 5.20. The van der Waals surface area contributed by atoms with Gasteiger partial charge in [0.25, 0.3) is 5.91 Å². The van der Waals surface area contributed by atoms with Crippen molar-refractivity contribution in [3.05, 3.63) is 58.5 Å². The van der Waals surface area contributed by atoms with Crippen LogP contribution in [0.5, 0.6) is 0 Å². The predicted molar refractivity (Wildman–Crippen MR) is 68.6 cm³/mol. The fraction of sp³-hybridized carbons (Fsp3) is 0.154. The molecule has 1 heterocycles. The molecule has 0 N–H and O–H groups in total. The minimum Gasteiger partial charge on any atom is -0.467 e. The van der Waals surface area contributed by atoms with Gasteiger partial charge in [0.15, 0.2) is 0 Å². The Morgan fingerprint density at radius 3 is 2.59 bits per heavy atom. The summed E-state index contributed by atoms with van der Waals surface area (Å²) in [6, 6.07) is 11.0. The molecule has 1 aromatic heterocycles. The molecule has 0 aliphatic rings. The molecule has 0 spiro atoms. The van der Waals surface area contributed by atoms with Crippen molar-refractivity contribution in [1.29, 1.82) is 0 Å². The third-order valence-electron chi connectivity index (χ3n) is 2.41. The van der Waals surface area contributed by atoms with E-state index >= 15 is 0 Å². The maximum absolute atomic E-state index is 12.1. The molecule has 0 atom stereocenters. The second kappa shape index (κ2) is 5.19. The summed E-state index contributed by atoms with van der Waals surface area (Å²) in [6.07, 6.45) is 1.60. The van der Waals surface area contributed by atoms with Gasteiger partial charge < -0.3 is 9.32 Å². The molecule has 3 nitrogen and oxygen atoms in total. The molecular weight excluding hydrogens is 282 g/mol. The summed E-state index contributed by atoms with van der Waals surface area (Å²) in [5.41, 5.74) is 0.669. The van der Waals surface area contributed by atoms with E-state index in [1.54, 1.807) is 30.3 Å². The van der Waals surface area contributed by atoms with Crippen LogP contribution in [0.4, 0.5) is 0 Å². The van der Waals surface area contributed by atoms with E-state index < -0.39 is 0 Å². The van der Waals surface area contributed by atoms with Gasteiger partial charge in [-0.3, -0.25) is 4.79 Å². The molecule has 4 heteroatoms. The van der Waals surface area contributed by atoms with Crippen molar-refractivity contribution in [3.63, 3.8) is 0 Å². The number of carbonyl (C=O) groups is 1. The highest BCUT2D eigenvalue weighted by atomic mass is 79.9. The van der Waals surface area contributed by atoms with E-state index in [0.717, 1.165) is 10.2 Å². The van der Waals surface area contributed by atoms with Gasteiger partial charge in [0.05, 0.1) is 12.8 Å². The monoisotopic (exact) mass is 293 g/mol. The molecule has 0 radical (unpaired) electrons. The van der Waals surface area contributed by atoms with Crippen molar-refractivity contribution in [3.8, 4) is 0 Å². The standard InChI is InChI=1S/C13H12BrNO2/c1-15(9-12-3-2-8-17-12)13(16)10-4-6-11(14)7-5-10/h2-8H,9H2,1H3. The summed E-state index contributed by atoms with van der Waals surface area (Å²) >= 11 is 3.34. The average Bonchev–Trinajstić information content (AvgIpc) is 2.82. The Morgan fingerprint density at radius 1 is 1.29 bits per heavy atom. The second-order valence-electron chi connectivity index (χ2n) is 3.75. The number of nitrogens with zero attached hydrogens (tertiary/aromatic N) is 1. The summed E-state index contributed by atoms with van der Waals surface area (Å²) in [5.74, 6) is 0.756. The number of carbonyl (C=O) groups excluding carboxylic acids is 1. The van der Waals surface area contributed by atoms with Gasteiger partial charge in [-0.1, -0.05) is 15.9 Å². The van der Waals surface area contributed by atoms with E-state index in [-0.39, 0.29) is 5.91 Å². The zero-order valence-corrected chi connectivity index (χ0v) is 11.0. The molecule has 2 rings (SSSR count). The number of halogens is 1. The molecule has 0 saturated carbocycles. The summed E-state index contributed by atoms with van der Waals surface area (Å²) < 4.78 is 6.17. The number of hydrogen-bond donors (Lipinski definition) is 0. The Bertz CT molecular complexity index is 491. The Balaban J connectivity index is 2.07. The third-order valence-corrected chi connectivity index (χ3v) is 2.94. The zero-order valence-electron chi connectivity index (χ0n) is 9.39. The van der Waals surface area contributed by atoms with Crippen molar-refractivity contribution in [1.82, 2.24) is 4.90 Å². The first kappa shape index (κ1) is 11.9. The Labute approximate surface area is 108 Å². The number of rotatable bonds is 3. The van der Waals surface area contributed by atoms with Crippen LogP contribution in [-0.2, 0) is 6.54 Å². The molecule has 1 aromatic carbocycles. The summed E-state index contributed by atoms with van der Waals surface area (Å²) in [4.78, 5) is 13.7. The SMILES string of the molecule is CN(Cc1ccco1)C(=O)c1ccc(Br)cc1. The highest BCUT2D eigenvalue weighted by Gasteiger charge is 2.12. The van der Waals surface area contributed by atoms with Crippen LogP contribution in [0.25, 0.3) is 0 Å². The molecule has 2 aromatic rings. The lowest BCUT2D eigenvalue weighted by molar-refractivity contribution is 0.0775. The van der Waals surface area contributed by atoms with E-state index in [0.29, 0.717) is 12.1 Å². The van der Waals surface area contributed by atoms with E-state index in [1.807, 2.05) is 24.3 Å². The van der Waals surface area contributed by atoms with Crippen molar-refractivity contribution in [2.75, 3.05) is 7.05 Å². The van der Waals surface area contributed by atoms with Gasteiger partial charge in [0.1, 0.15) is 5.76 Å². The van der Waals surface area contributed by atoms with E-state index in [1.165, 1.54) is 0 Å². The van der Waals surface area contributed by atoms with Crippen LogP contribution in [0.3, 0.4) is 0 Å². The van der Waals surface area contributed by atoms with Crippen molar-refractivity contribution in [2.24, 2.45) is 0 Å². The number of hydrogen-bond acceptors (Lipinski definition) is 2. The minimum absolute atomic E-state index is 0.0195. The molecular formula is C13H12BrNO2. The van der Waals surface area contributed by atoms with Gasteiger partial charge in [0.2, 0.25) is 0 Å². The molecule has 0 unspecified atom stereocenters. The topological polar surface area (TPSA) is 33.5 Å². The number of benzene rings is 1. The van der Waals surface area contributed by atoms with Crippen LogP contribution < -0.4 is 0 Å². The van der Waals surface area contributed by atoms with Crippen LogP contribution in [0.2, 0.25) is 0 Å². The molecule has 17 heavy (non-hydrogen) atoms. The molecule has 0 aliphatic carbocycles. The maximum atomic E-state index is 12.1. The first-order chi connectivity index (χ1) is 8.16. The predicted octanol–water partition coefficient (Wildman–Crippen LogP) is 3.31. The Hall–Kier alpha value is -1.55. The van der Waals surface area contributed by atoms with Gasteiger partial charge in [-0.15, -0.1) is 0 Å². The van der Waals surface area contributed by atoms with Crippen LogP contribution in [0.1, 0.15) is 16.1 Å². The Morgan fingerprint density at radius 2 is 2.00 bits per heavy atom. The maximum Gasteiger partial charge on any atom is 0.254 e. The van der Waals surface area contributed by atoms with Crippen molar-refractivity contribution in [2.45, 2.75) is 6.54 Å². The first-order valence-corrected chi connectivity index (χ1v) is 5.99. The number of amides is 1. The molecule has 88 valence electrons. The largest absolute Gasteiger partial charge is 0.467 e. The van der Waals surface area contributed by atoms with Gasteiger partial charge in [-0.25, -0.2) is 0 Å². The van der Waals surface area contributed by atoms with Crippen LogP contribution in [0, 0.1) is 0 Å². The highest BCUT2D eigenvalue weighted by Crippen LogP contribution is 2.13. The average molecular weight is 294 g/mol. The molecule has 0 bridgehead atoms. The van der Waals surface area contributed by atoms with Gasteiger partial charge in [-0.2, -0.15) is 0 Å². The summed E-state index contributed by atoms with van der Waals surface area (Å²) in [7, 11) is 1.76. The Kier molecular flexibility index (Phi) is 3.64. The minimum atomic E-state index is -0.0195. The van der Waals surface area contributed by atoms with Gasteiger partial charge in [0, 0.05) is 17.1 Å². The van der Waals surface area contributed by atoms with Crippen LogP contribution >= 0.6 is 15.9 Å². The molecule has 0 aliphatic heterocycles. The third kappa shape index (κ3) is 2.97. The fourth-order valence-electron chi connectivity index (χ4n) is 1.52. The summed E-state index contributed by atoms with van der Waals surface area (Å²) in [6.45, 7) is 0.474. The highest BCUT2D eigenvalue weighted by molar-refractivity contribution is 9.10. The summed E-state index contributed by atoms with van der Waals surface area (Å²) in [5, 5.41) is 0. The second-order valence-corrected chi connectivity index (χ2v) is 4.66. The fourth-order valence-corrected chi connectivity index (χ4v) is 1.79. The number of furan rings is 1. The van der Waals surface area contributed by atoms with E-state index in [2.05, 4.69) is 15.9 Å². The zero-order chi connectivity index (χ0) is 12.3. The van der Waals surface area contributed by atoms with Crippen LogP contribution in [-0.4, -0.2) is 17.9 Å². The lowest BCUT2D eigenvalue weighted by Crippen LogP contribution is -2.25. The lowest BCUT2D eigenvalue weighted by Gasteiger charge is -2.15. The quantitative estimate of drug-likeness (QED) is 0.870.